The molecule has 1 heteroatoms. The average molecular weight is 210 g/mol. The fourth-order valence-electron chi connectivity index (χ4n) is 1.53. The standard InChI is InChI=1S/C14H26O/c1-2-3-4-5-6-7-8-9-10-11-12-13-14-15/h10-13,15H,2-9,14H2,1H3/b11-10+,13-12+. The predicted octanol–water partition coefficient (Wildman–Crippen LogP) is 4.23. The third-order valence-corrected chi connectivity index (χ3v) is 2.46. The van der Waals surface area contributed by atoms with Crippen molar-refractivity contribution in [1.29, 1.82) is 0 Å². The molecule has 0 spiro atoms. The Morgan fingerprint density at radius 2 is 1.40 bits per heavy atom. The molecule has 1 N–H and O–H groups in total. The molecule has 0 aromatic rings. The van der Waals surface area contributed by atoms with Crippen LogP contribution in [0.4, 0.5) is 0 Å². The summed E-state index contributed by atoms with van der Waals surface area (Å²) in [6.07, 6.45) is 18.6. The van der Waals surface area contributed by atoms with Gasteiger partial charge < -0.3 is 5.11 Å². The minimum atomic E-state index is 0.141. The lowest BCUT2D eigenvalue weighted by Crippen LogP contribution is -1.78. The largest absolute Gasteiger partial charge is 0.392 e. The van der Waals surface area contributed by atoms with E-state index in [1.54, 1.807) is 6.08 Å². The Balaban J connectivity index is 3.04. The molecular formula is C14H26O. The van der Waals surface area contributed by atoms with Crippen LogP contribution in [0, 0.1) is 0 Å². The predicted molar refractivity (Wildman–Crippen MR) is 68.0 cm³/mol. The summed E-state index contributed by atoms with van der Waals surface area (Å²) in [5, 5.41) is 8.49. The zero-order valence-corrected chi connectivity index (χ0v) is 10.1. The van der Waals surface area contributed by atoms with Gasteiger partial charge in [0.1, 0.15) is 0 Å². The zero-order valence-electron chi connectivity index (χ0n) is 10.1. The first kappa shape index (κ1) is 14.4. The topological polar surface area (TPSA) is 20.2 Å². The highest BCUT2D eigenvalue weighted by molar-refractivity contribution is 5.02. The van der Waals surface area contributed by atoms with Gasteiger partial charge in [0, 0.05) is 0 Å². The van der Waals surface area contributed by atoms with Gasteiger partial charge >= 0.3 is 0 Å². The van der Waals surface area contributed by atoms with E-state index in [0.29, 0.717) is 0 Å². The van der Waals surface area contributed by atoms with Crippen molar-refractivity contribution < 1.29 is 5.11 Å². The van der Waals surface area contributed by atoms with Crippen molar-refractivity contribution in [3.63, 3.8) is 0 Å². The highest BCUT2D eigenvalue weighted by atomic mass is 16.2. The zero-order chi connectivity index (χ0) is 11.2. The van der Waals surface area contributed by atoms with E-state index in [1.165, 1.54) is 51.4 Å². The van der Waals surface area contributed by atoms with E-state index in [-0.39, 0.29) is 6.61 Å². The second kappa shape index (κ2) is 13.4. The van der Waals surface area contributed by atoms with Gasteiger partial charge in [-0.1, -0.05) is 69.8 Å². The molecule has 0 aromatic carbocycles. The fourth-order valence-corrected chi connectivity index (χ4v) is 1.53. The number of hydrogen-bond acceptors (Lipinski definition) is 1. The first-order chi connectivity index (χ1) is 7.41. The van der Waals surface area contributed by atoms with Crippen molar-refractivity contribution in [2.45, 2.75) is 58.3 Å². The molecule has 0 radical (unpaired) electrons. The average Bonchev–Trinajstić information content (AvgIpc) is 2.26. The molecule has 88 valence electrons. The summed E-state index contributed by atoms with van der Waals surface area (Å²) in [5.74, 6) is 0. The van der Waals surface area contributed by atoms with Crippen molar-refractivity contribution in [1.82, 2.24) is 0 Å². The maximum absolute atomic E-state index is 8.49. The molecule has 0 saturated carbocycles. The van der Waals surface area contributed by atoms with Crippen molar-refractivity contribution in [2.75, 3.05) is 6.61 Å². The van der Waals surface area contributed by atoms with Gasteiger partial charge in [-0.2, -0.15) is 0 Å². The molecule has 0 heterocycles. The van der Waals surface area contributed by atoms with E-state index in [9.17, 15) is 0 Å². The normalized spacial score (nSPS) is 11.9. The highest BCUT2D eigenvalue weighted by Crippen LogP contribution is 2.08. The van der Waals surface area contributed by atoms with Gasteiger partial charge in [-0.25, -0.2) is 0 Å². The van der Waals surface area contributed by atoms with Crippen LogP contribution in [0.3, 0.4) is 0 Å². The second-order valence-electron chi connectivity index (χ2n) is 3.95. The first-order valence-corrected chi connectivity index (χ1v) is 6.34. The minimum Gasteiger partial charge on any atom is -0.392 e. The monoisotopic (exact) mass is 210 g/mol. The molecule has 0 aliphatic carbocycles. The Morgan fingerprint density at radius 3 is 2.07 bits per heavy atom. The Bertz CT molecular complexity index is 159. The van der Waals surface area contributed by atoms with Crippen LogP contribution in [0.2, 0.25) is 0 Å². The van der Waals surface area contributed by atoms with Crippen molar-refractivity contribution in [3.8, 4) is 0 Å². The summed E-state index contributed by atoms with van der Waals surface area (Å²) in [4.78, 5) is 0. The molecule has 0 aliphatic rings. The number of aliphatic hydroxyl groups is 1. The van der Waals surface area contributed by atoms with Gasteiger partial charge in [-0.3, -0.25) is 0 Å². The van der Waals surface area contributed by atoms with Gasteiger partial charge in [0.2, 0.25) is 0 Å². The first-order valence-electron chi connectivity index (χ1n) is 6.34. The lowest BCUT2D eigenvalue weighted by atomic mass is 10.1. The van der Waals surface area contributed by atoms with Gasteiger partial charge in [-0.05, 0) is 12.8 Å². The van der Waals surface area contributed by atoms with E-state index in [0.717, 1.165) is 0 Å². The van der Waals surface area contributed by atoms with Crippen molar-refractivity contribution >= 4 is 0 Å². The maximum atomic E-state index is 8.49. The molecule has 0 aromatic heterocycles. The van der Waals surface area contributed by atoms with Gasteiger partial charge in [0.15, 0.2) is 0 Å². The van der Waals surface area contributed by atoms with Gasteiger partial charge in [0.05, 0.1) is 6.61 Å². The maximum Gasteiger partial charge on any atom is 0.0615 e. The molecule has 0 aliphatic heterocycles. The Hall–Kier alpha value is -0.560. The van der Waals surface area contributed by atoms with Crippen LogP contribution >= 0.6 is 0 Å². The van der Waals surface area contributed by atoms with Crippen LogP contribution in [0.1, 0.15) is 58.3 Å². The van der Waals surface area contributed by atoms with Crippen LogP contribution < -0.4 is 0 Å². The summed E-state index contributed by atoms with van der Waals surface area (Å²) in [5.41, 5.74) is 0. The van der Waals surface area contributed by atoms with E-state index >= 15 is 0 Å². The molecule has 0 amide bonds. The SMILES string of the molecule is CCCCCCCCC/C=C/C=C/CO. The molecule has 0 saturated heterocycles. The molecule has 0 rings (SSSR count). The molecule has 0 atom stereocenters. The summed E-state index contributed by atoms with van der Waals surface area (Å²) in [6.45, 7) is 2.40. The molecule has 0 bridgehead atoms. The van der Waals surface area contributed by atoms with Crippen LogP contribution in [0.5, 0.6) is 0 Å². The summed E-state index contributed by atoms with van der Waals surface area (Å²) < 4.78 is 0. The number of rotatable bonds is 10. The van der Waals surface area contributed by atoms with Gasteiger partial charge in [0.25, 0.3) is 0 Å². The van der Waals surface area contributed by atoms with E-state index < -0.39 is 0 Å². The lowest BCUT2D eigenvalue weighted by molar-refractivity contribution is 0.343. The van der Waals surface area contributed by atoms with Crippen LogP contribution in [-0.4, -0.2) is 11.7 Å². The Kier molecular flexibility index (Phi) is 12.9. The molecule has 0 fully saturated rings. The molecule has 0 unspecified atom stereocenters. The summed E-state index contributed by atoms with van der Waals surface area (Å²) in [6, 6.07) is 0. The Labute approximate surface area is 94.9 Å². The van der Waals surface area contributed by atoms with E-state index in [1.807, 2.05) is 12.2 Å². The van der Waals surface area contributed by atoms with Crippen molar-refractivity contribution in [3.05, 3.63) is 24.3 Å². The van der Waals surface area contributed by atoms with Gasteiger partial charge in [-0.15, -0.1) is 0 Å². The molecule has 15 heavy (non-hydrogen) atoms. The highest BCUT2D eigenvalue weighted by Gasteiger charge is 1.88. The lowest BCUT2D eigenvalue weighted by Gasteiger charge is -1.98. The summed E-state index contributed by atoms with van der Waals surface area (Å²) in [7, 11) is 0. The number of aliphatic hydroxyl groups excluding tert-OH is 1. The summed E-state index contributed by atoms with van der Waals surface area (Å²) >= 11 is 0. The molecule has 1 nitrogen and oxygen atoms in total. The number of unbranched alkanes of at least 4 members (excludes halogenated alkanes) is 7. The smallest absolute Gasteiger partial charge is 0.0615 e. The third kappa shape index (κ3) is 13.4. The minimum absolute atomic E-state index is 0.141. The number of allylic oxidation sites excluding steroid dienone is 3. The number of hydrogen-bond donors (Lipinski definition) is 1. The molecular weight excluding hydrogens is 184 g/mol. The third-order valence-electron chi connectivity index (χ3n) is 2.46. The van der Waals surface area contributed by atoms with Crippen LogP contribution in [0.25, 0.3) is 0 Å². The second-order valence-corrected chi connectivity index (χ2v) is 3.95. The van der Waals surface area contributed by atoms with E-state index in [4.69, 9.17) is 5.11 Å². The van der Waals surface area contributed by atoms with Crippen LogP contribution in [0.15, 0.2) is 24.3 Å². The fraction of sp³-hybridized carbons (Fsp3) is 0.714. The van der Waals surface area contributed by atoms with E-state index in [2.05, 4.69) is 13.0 Å². The Morgan fingerprint density at radius 1 is 0.800 bits per heavy atom. The quantitative estimate of drug-likeness (QED) is 0.422. The van der Waals surface area contributed by atoms with Crippen LogP contribution in [-0.2, 0) is 0 Å². The van der Waals surface area contributed by atoms with Crippen molar-refractivity contribution in [2.24, 2.45) is 0 Å².